The Hall–Kier alpha value is -5.37. The van der Waals surface area contributed by atoms with Crippen LogP contribution in [0.3, 0.4) is 0 Å². The zero-order chi connectivity index (χ0) is 28.5. The normalized spacial score (nSPS) is 11.8. The third-order valence-electron chi connectivity index (χ3n) is 6.72. The van der Waals surface area contributed by atoms with Crippen LogP contribution < -0.4 is 19.5 Å². The second-order valence-corrected chi connectivity index (χ2v) is 9.84. The van der Waals surface area contributed by atoms with E-state index in [1.165, 1.54) is 6.92 Å². The number of amides is 1. The highest BCUT2D eigenvalue weighted by Crippen LogP contribution is 2.41. The molecule has 41 heavy (non-hydrogen) atoms. The number of rotatable bonds is 6. The molecule has 1 amide bonds. The summed E-state index contributed by atoms with van der Waals surface area (Å²) in [6, 6.07) is 28.3. The minimum absolute atomic E-state index is 0.141. The number of hydrogen-bond donors (Lipinski definition) is 1. The van der Waals surface area contributed by atoms with Crippen LogP contribution in [0.25, 0.3) is 28.1 Å². The third kappa shape index (κ3) is 5.27. The lowest BCUT2D eigenvalue weighted by Crippen LogP contribution is -2.11. The van der Waals surface area contributed by atoms with Gasteiger partial charge in [0, 0.05) is 23.7 Å². The number of nitrogens with zero attached hydrogens (tertiary/aromatic N) is 2. The number of anilines is 1. The van der Waals surface area contributed by atoms with Crippen molar-refractivity contribution in [2.45, 2.75) is 20.8 Å². The summed E-state index contributed by atoms with van der Waals surface area (Å²) in [4.78, 5) is 25.2. The molecule has 0 bridgehead atoms. The average Bonchev–Trinajstić information content (AvgIpc) is 3.58. The first kappa shape index (κ1) is 25.9. The van der Waals surface area contributed by atoms with E-state index in [1.807, 2.05) is 74.5 Å². The first-order valence-electron chi connectivity index (χ1n) is 13.1. The minimum Gasteiger partial charge on any atom is -0.454 e. The molecule has 1 aliphatic heterocycles. The van der Waals surface area contributed by atoms with Crippen molar-refractivity contribution in [2.24, 2.45) is 0 Å². The Labute approximate surface area is 237 Å². The highest BCUT2D eigenvalue weighted by Gasteiger charge is 2.25. The SMILES string of the molecule is CC(=O)Oc1c(-c2ccc(NC(=O)c3ccc4c(c3)OCO4)cc2)c(-c2ccc(C)cc2)nn1-c1cccc(C)c1. The molecule has 4 aromatic carbocycles. The smallest absolute Gasteiger partial charge is 0.309 e. The molecule has 2 heterocycles. The van der Waals surface area contributed by atoms with E-state index in [1.54, 1.807) is 35.0 Å². The molecular formula is C33H27N3O5. The summed E-state index contributed by atoms with van der Waals surface area (Å²) in [6.07, 6.45) is 0. The van der Waals surface area contributed by atoms with Crippen LogP contribution in [-0.2, 0) is 4.79 Å². The molecule has 0 aliphatic carbocycles. The Morgan fingerprint density at radius 1 is 0.829 bits per heavy atom. The molecule has 0 fully saturated rings. The number of hydrogen-bond acceptors (Lipinski definition) is 6. The Morgan fingerprint density at radius 2 is 1.56 bits per heavy atom. The van der Waals surface area contributed by atoms with Crippen LogP contribution in [0.2, 0.25) is 0 Å². The molecule has 8 nitrogen and oxygen atoms in total. The molecule has 0 saturated carbocycles. The van der Waals surface area contributed by atoms with Crippen molar-refractivity contribution in [3.8, 4) is 45.5 Å². The standard InChI is InChI=1S/C33H27N3O5/c1-20-7-9-24(10-8-20)31-30(33(41-22(3)37)36(35-31)27-6-4-5-21(2)17-27)23-11-14-26(15-12-23)34-32(38)25-13-16-28-29(18-25)40-19-39-28/h4-18H,19H2,1-3H3,(H,34,38). The van der Waals surface area contributed by atoms with E-state index in [0.717, 1.165) is 27.9 Å². The summed E-state index contributed by atoms with van der Waals surface area (Å²) in [5, 5.41) is 7.86. The molecule has 1 aliphatic rings. The molecule has 6 rings (SSSR count). The lowest BCUT2D eigenvalue weighted by molar-refractivity contribution is -0.132. The second kappa shape index (κ2) is 10.7. The summed E-state index contributed by atoms with van der Waals surface area (Å²) in [5.41, 5.74) is 6.99. The number of nitrogens with one attached hydrogen (secondary N) is 1. The van der Waals surface area contributed by atoms with Gasteiger partial charge in [-0.15, -0.1) is 0 Å². The zero-order valence-corrected chi connectivity index (χ0v) is 22.8. The molecule has 0 saturated heterocycles. The third-order valence-corrected chi connectivity index (χ3v) is 6.72. The van der Waals surface area contributed by atoms with Crippen molar-refractivity contribution in [1.29, 1.82) is 0 Å². The number of aryl methyl sites for hydroxylation is 2. The van der Waals surface area contributed by atoms with Gasteiger partial charge in [-0.1, -0.05) is 54.1 Å². The van der Waals surface area contributed by atoms with E-state index < -0.39 is 5.97 Å². The first-order chi connectivity index (χ1) is 19.9. The van der Waals surface area contributed by atoms with Gasteiger partial charge in [-0.25, -0.2) is 0 Å². The van der Waals surface area contributed by atoms with E-state index >= 15 is 0 Å². The maximum atomic E-state index is 12.9. The van der Waals surface area contributed by atoms with Crippen LogP contribution in [0.4, 0.5) is 5.69 Å². The van der Waals surface area contributed by atoms with Crippen molar-refractivity contribution in [1.82, 2.24) is 9.78 Å². The van der Waals surface area contributed by atoms with Crippen molar-refractivity contribution in [3.05, 3.63) is 108 Å². The molecule has 0 unspecified atom stereocenters. The number of benzene rings is 4. The molecule has 0 spiro atoms. The lowest BCUT2D eigenvalue weighted by Gasteiger charge is -2.11. The quantitative estimate of drug-likeness (QED) is 0.238. The monoisotopic (exact) mass is 545 g/mol. The highest BCUT2D eigenvalue weighted by molar-refractivity contribution is 6.05. The maximum absolute atomic E-state index is 12.9. The molecular weight excluding hydrogens is 518 g/mol. The number of carbonyl (C=O) groups excluding carboxylic acids is 2. The van der Waals surface area contributed by atoms with Gasteiger partial charge in [-0.3, -0.25) is 9.59 Å². The van der Waals surface area contributed by atoms with E-state index in [2.05, 4.69) is 5.32 Å². The van der Waals surface area contributed by atoms with Crippen LogP contribution in [0.5, 0.6) is 17.4 Å². The zero-order valence-electron chi connectivity index (χ0n) is 22.8. The molecule has 204 valence electrons. The fraction of sp³-hybridized carbons (Fsp3) is 0.121. The fourth-order valence-corrected chi connectivity index (χ4v) is 4.70. The number of aromatic nitrogens is 2. The summed E-state index contributed by atoms with van der Waals surface area (Å²) in [7, 11) is 0. The van der Waals surface area contributed by atoms with Crippen molar-refractivity contribution in [3.63, 3.8) is 0 Å². The maximum Gasteiger partial charge on any atom is 0.309 e. The number of fused-ring (bicyclic) bond motifs is 1. The van der Waals surface area contributed by atoms with Gasteiger partial charge in [0.2, 0.25) is 12.7 Å². The second-order valence-electron chi connectivity index (χ2n) is 9.84. The van der Waals surface area contributed by atoms with Gasteiger partial charge in [0.25, 0.3) is 5.91 Å². The van der Waals surface area contributed by atoms with Crippen LogP contribution >= 0.6 is 0 Å². The van der Waals surface area contributed by atoms with E-state index in [4.69, 9.17) is 19.3 Å². The molecule has 1 aromatic heterocycles. The minimum atomic E-state index is -0.455. The fourth-order valence-electron chi connectivity index (χ4n) is 4.70. The van der Waals surface area contributed by atoms with Crippen LogP contribution in [0, 0.1) is 13.8 Å². The van der Waals surface area contributed by atoms with Gasteiger partial charge in [0.1, 0.15) is 5.69 Å². The van der Waals surface area contributed by atoms with Gasteiger partial charge >= 0.3 is 5.97 Å². The predicted molar refractivity (Wildman–Crippen MR) is 156 cm³/mol. The van der Waals surface area contributed by atoms with Crippen molar-refractivity contribution >= 4 is 17.6 Å². The van der Waals surface area contributed by atoms with Gasteiger partial charge in [-0.05, 0) is 67.4 Å². The van der Waals surface area contributed by atoms with Crippen LogP contribution in [0.15, 0.2) is 91.0 Å². The molecule has 0 radical (unpaired) electrons. The Balaban J connectivity index is 1.40. The lowest BCUT2D eigenvalue weighted by atomic mass is 10.00. The van der Waals surface area contributed by atoms with E-state index in [-0.39, 0.29) is 12.7 Å². The summed E-state index contributed by atoms with van der Waals surface area (Å²) in [5.74, 6) is 0.744. The molecule has 8 heteroatoms. The van der Waals surface area contributed by atoms with Gasteiger partial charge < -0.3 is 19.5 Å². The molecule has 0 atom stereocenters. The Morgan fingerprint density at radius 3 is 2.29 bits per heavy atom. The van der Waals surface area contributed by atoms with Gasteiger partial charge in [-0.2, -0.15) is 9.78 Å². The first-order valence-corrected chi connectivity index (χ1v) is 13.1. The Kier molecular flexibility index (Phi) is 6.73. The largest absolute Gasteiger partial charge is 0.454 e. The summed E-state index contributed by atoms with van der Waals surface area (Å²) in [6.45, 7) is 5.54. The Bertz CT molecular complexity index is 1770. The van der Waals surface area contributed by atoms with Gasteiger partial charge in [0.05, 0.1) is 11.3 Å². The van der Waals surface area contributed by atoms with Crippen LogP contribution in [-0.4, -0.2) is 28.4 Å². The molecule has 5 aromatic rings. The van der Waals surface area contributed by atoms with E-state index in [9.17, 15) is 9.59 Å². The van der Waals surface area contributed by atoms with Gasteiger partial charge in [0.15, 0.2) is 11.5 Å². The summed E-state index contributed by atoms with van der Waals surface area (Å²) < 4.78 is 18.2. The number of ether oxygens (including phenoxy) is 3. The van der Waals surface area contributed by atoms with E-state index in [0.29, 0.717) is 39.9 Å². The topological polar surface area (TPSA) is 91.7 Å². The summed E-state index contributed by atoms with van der Waals surface area (Å²) >= 11 is 0. The number of carbonyl (C=O) groups is 2. The number of esters is 1. The predicted octanol–water partition coefficient (Wildman–Crippen LogP) is 6.73. The van der Waals surface area contributed by atoms with Crippen molar-refractivity contribution in [2.75, 3.05) is 12.1 Å². The molecule has 1 N–H and O–H groups in total. The van der Waals surface area contributed by atoms with Crippen molar-refractivity contribution < 1.29 is 23.8 Å². The van der Waals surface area contributed by atoms with Crippen LogP contribution in [0.1, 0.15) is 28.4 Å². The average molecular weight is 546 g/mol. The highest BCUT2D eigenvalue weighted by atomic mass is 16.7.